The molecular weight excluding hydrogens is 584 g/mol. The summed E-state index contributed by atoms with van der Waals surface area (Å²) in [4.78, 5) is 46.0. The van der Waals surface area contributed by atoms with E-state index in [4.69, 9.17) is 26.3 Å². The normalized spacial score (nSPS) is 19.0. The van der Waals surface area contributed by atoms with E-state index in [1.54, 1.807) is 10.6 Å². The number of carbonyl (C=O) groups is 1. The molecule has 1 unspecified atom stereocenters. The fourth-order valence-corrected chi connectivity index (χ4v) is 6.53. The third-order valence-electron chi connectivity index (χ3n) is 8.57. The molecule has 12 nitrogen and oxygen atoms in total. The number of benzene rings is 2. The molecule has 1 amide bonds. The van der Waals surface area contributed by atoms with Crippen LogP contribution >= 0.6 is 11.6 Å². The minimum atomic E-state index is -1.08. The number of piperazine rings is 1. The van der Waals surface area contributed by atoms with Gasteiger partial charge in [-0.15, -0.1) is 0 Å². The van der Waals surface area contributed by atoms with Gasteiger partial charge in [0.25, 0.3) is 5.56 Å². The van der Waals surface area contributed by atoms with Crippen molar-refractivity contribution in [2.45, 2.75) is 44.7 Å². The largest absolute Gasteiger partial charge is 0.465 e. The summed E-state index contributed by atoms with van der Waals surface area (Å²) in [6.45, 7) is 3.94. The van der Waals surface area contributed by atoms with Crippen LogP contribution in [0.15, 0.2) is 41.2 Å². The second-order valence-corrected chi connectivity index (χ2v) is 11.6. The monoisotopic (exact) mass is 616 g/mol. The van der Waals surface area contributed by atoms with Crippen LogP contribution in [0.3, 0.4) is 0 Å². The second kappa shape index (κ2) is 12.3. The van der Waals surface area contributed by atoms with E-state index in [2.05, 4.69) is 23.0 Å². The summed E-state index contributed by atoms with van der Waals surface area (Å²) in [5.74, 6) is 0.881. The predicted molar refractivity (Wildman–Crippen MR) is 167 cm³/mol. The van der Waals surface area contributed by atoms with Crippen molar-refractivity contribution in [3.05, 3.63) is 57.6 Å². The molecule has 2 aliphatic rings. The minimum Gasteiger partial charge on any atom is -0.465 e. The lowest BCUT2D eigenvalue weighted by molar-refractivity contribution is 0.119. The number of rotatable bonds is 7. The number of ether oxygens (including phenoxy) is 1. The van der Waals surface area contributed by atoms with E-state index in [-0.39, 0.29) is 42.6 Å². The van der Waals surface area contributed by atoms with Crippen LogP contribution in [0, 0.1) is 11.3 Å². The number of amides is 1. The smallest absolute Gasteiger partial charge is 0.407 e. The second-order valence-electron chi connectivity index (χ2n) is 11.2. The molecule has 0 radical (unpaired) electrons. The Morgan fingerprint density at radius 2 is 1.91 bits per heavy atom. The third kappa shape index (κ3) is 5.37. The van der Waals surface area contributed by atoms with E-state index in [1.165, 1.54) is 4.90 Å². The highest BCUT2D eigenvalue weighted by molar-refractivity contribution is 6.36. The number of anilines is 1. The van der Waals surface area contributed by atoms with Crippen LogP contribution in [0.4, 0.5) is 10.6 Å². The van der Waals surface area contributed by atoms with Crippen molar-refractivity contribution in [1.82, 2.24) is 29.3 Å². The predicted octanol–water partition coefficient (Wildman–Crippen LogP) is 4.10. The number of aryl methyl sites for hydroxylation is 1. The Labute approximate surface area is 259 Å². The van der Waals surface area contributed by atoms with Crippen molar-refractivity contribution in [2.75, 3.05) is 44.7 Å². The molecule has 4 aromatic rings. The van der Waals surface area contributed by atoms with Crippen LogP contribution in [0.1, 0.15) is 32.0 Å². The van der Waals surface area contributed by atoms with Gasteiger partial charge in [0.15, 0.2) is 11.3 Å². The molecule has 2 aliphatic heterocycles. The van der Waals surface area contributed by atoms with Gasteiger partial charge in [-0.2, -0.15) is 15.2 Å². The van der Waals surface area contributed by atoms with Crippen LogP contribution < -0.4 is 15.2 Å². The van der Waals surface area contributed by atoms with E-state index >= 15 is 0 Å². The van der Waals surface area contributed by atoms with Gasteiger partial charge in [0, 0.05) is 37.5 Å². The maximum absolute atomic E-state index is 14.4. The van der Waals surface area contributed by atoms with Crippen molar-refractivity contribution >= 4 is 45.3 Å². The molecule has 0 aliphatic carbocycles. The van der Waals surface area contributed by atoms with Crippen molar-refractivity contribution in [1.29, 1.82) is 5.26 Å². The van der Waals surface area contributed by atoms with Gasteiger partial charge in [-0.05, 0) is 44.0 Å². The van der Waals surface area contributed by atoms with Gasteiger partial charge in [0.05, 0.1) is 29.2 Å². The quantitative estimate of drug-likeness (QED) is 0.323. The first-order valence-corrected chi connectivity index (χ1v) is 15.1. The van der Waals surface area contributed by atoms with Crippen LogP contribution in [-0.2, 0) is 6.42 Å². The lowest BCUT2D eigenvalue weighted by atomic mass is 10.1. The minimum absolute atomic E-state index is 0.0193. The molecular formula is C31H33ClN8O4. The average Bonchev–Trinajstić information content (AvgIpc) is 3.44. The molecule has 2 saturated heterocycles. The highest BCUT2D eigenvalue weighted by Gasteiger charge is 2.33. The van der Waals surface area contributed by atoms with Crippen LogP contribution in [0.5, 0.6) is 6.01 Å². The van der Waals surface area contributed by atoms with Gasteiger partial charge in [0.1, 0.15) is 17.9 Å². The SMILES string of the molecule is CCc1nc2c(N3CCN(C(=O)O)C(CC#N)C3)nc(OC[C@@H]3CCCN3C)nc2c(=O)n1-c1cccc2cccc(Cl)c12. The molecule has 13 heteroatoms. The van der Waals surface area contributed by atoms with Crippen molar-refractivity contribution in [2.24, 2.45) is 0 Å². The topological polar surface area (TPSA) is 141 Å². The molecule has 6 rings (SSSR count). The summed E-state index contributed by atoms with van der Waals surface area (Å²) in [6.07, 6.45) is 1.43. The Morgan fingerprint density at radius 3 is 2.61 bits per heavy atom. The average molecular weight is 617 g/mol. The Balaban J connectivity index is 1.53. The lowest BCUT2D eigenvalue weighted by Gasteiger charge is -2.39. The first-order valence-electron chi connectivity index (χ1n) is 14.8. The number of halogens is 1. The van der Waals surface area contributed by atoms with Gasteiger partial charge in [-0.25, -0.2) is 9.78 Å². The van der Waals surface area contributed by atoms with Gasteiger partial charge >= 0.3 is 12.1 Å². The number of aromatic nitrogens is 4. The molecule has 0 spiro atoms. The Bertz CT molecular complexity index is 1830. The number of nitriles is 1. The van der Waals surface area contributed by atoms with Crippen molar-refractivity contribution in [3.8, 4) is 17.8 Å². The fourth-order valence-electron chi connectivity index (χ4n) is 6.25. The highest BCUT2D eigenvalue weighted by Crippen LogP contribution is 2.32. The molecule has 2 fully saturated rings. The molecule has 44 heavy (non-hydrogen) atoms. The number of hydrogen-bond donors (Lipinski definition) is 1. The molecule has 1 N–H and O–H groups in total. The maximum atomic E-state index is 14.4. The van der Waals surface area contributed by atoms with E-state index in [9.17, 15) is 20.0 Å². The van der Waals surface area contributed by atoms with Gasteiger partial charge in [0.2, 0.25) is 0 Å². The van der Waals surface area contributed by atoms with Gasteiger partial charge in [-0.3, -0.25) is 9.36 Å². The summed E-state index contributed by atoms with van der Waals surface area (Å²) in [7, 11) is 2.05. The first kappa shape index (κ1) is 29.6. The number of carboxylic acid groups (broad SMARTS) is 1. The summed E-state index contributed by atoms with van der Waals surface area (Å²) in [6, 6.07) is 13.0. The van der Waals surface area contributed by atoms with Crippen LogP contribution in [-0.4, -0.2) is 92.4 Å². The summed E-state index contributed by atoms with van der Waals surface area (Å²) < 4.78 is 7.69. The fraction of sp³-hybridized carbons (Fsp3) is 0.419. The number of likely N-dealkylation sites (tertiary alicyclic amines) is 1. The molecule has 2 aromatic heterocycles. The van der Waals surface area contributed by atoms with E-state index < -0.39 is 12.1 Å². The Kier molecular flexibility index (Phi) is 8.25. The first-order chi connectivity index (χ1) is 21.3. The zero-order valence-electron chi connectivity index (χ0n) is 24.6. The summed E-state index contributed by atoms with van der Waals surface area (Å²) >= 11 is 6.66. The van der Waals surface area contributed by atoms with E-state index in [0.717, 1.165) is 30.2 Å². The third-order valence-corrected chi connectivity index (χ3v) is 8.88. The summed E-state index contributed by atoms with van der Waals surface area (Å²) in [5, 5.41) is 21.3. The van der Waals surface area contributed by atoms with Crippen LogP contribution in [0.25, 0.3) is 27.5 Å². The van der Waals surface area contributed by atoms with Crippen LogP contribution in [0.2, 0.25) is 5.02 Å². The number of likely N-dealkylation sites (N-methyl/N-ethyl adjacent to an activating group) is 1. The standard InChI is InChI=1S/C31H33ClN8O4/c1-3-24-34-26-27(29(41)40(24)23-11-5-8-19-7-4-10-22(32)25(19)23)35-30(44-18-21-9-6-14-37(21)2)36-28(26)38-15-16-39(31(42)43)20(17-38)12-13-33/h4-5,7-8,10-11,20-21H,3,6,9,12,14-18H2,1-2H3,(H,42,43)/t20?,21-/m0/s1. The van der Waals surface area contributed by atoms with Gasteiger partial charge < -0.3 is 24.5 Å². The molecule has 2 aromatic carbocycles. The number of nitrogens with zero attached hydrogens (tertiary/aromatic N) is 8. The maximum Gasteiger partial charge on any atom is 0.407 e. The van der Waals surface area contributed by atoms with E-state index in [1.807, 2.05) is 42.2 Å². The zero-order valence-corrected chi connectivity index (χ0v) is 25.4. The molecule has 228 valence electrons. The number of fused-ring (bicyclic) bond motifs is 2. The molecule has 0 bridgehead atoms. The molecule has 4 heterocycles. The highest BCUT2D eigenvalue weighted by atomic mass is 35.5. The molecule has 0 saturated carbocycles. The molecule has 2 atom stereocenters. The Hall–Kier alpha value is -4.47. The lowest BCUT2D eigenvalue weighted by Crippen LogP contribution is -2.55. The Morgan fingerprint density at radius 1 is 1.11 bits per heavy atom. The summed E-state index contributed by atoms with van der Waals surface area (Å²) in [5.41, 5.74) is 0.606. The number of hydrogen-bond acceptors (Lipinski definition) is 9. The zero-order chi connectivity index (χ0) is 31.0. The van der Waals surface area contributed by atoms with Crippen molar-refractivity contribution < 1.29 is 14.6 Å². The van der Waals surface area contributed by atoms with Crippen molar-refractivity contribution in [3.63, 3.8) is 0 Å². The van der Waals surface area contributed by atoms with Gasteiger partial charge in [-0.1, -0.05) is 42.8 Å². The van der Waals surface area contributed by atoms with E-state index in [0.29, 0.717) is 47.4 Å².